The molecule has 1 aromatic heterocycles. The van der Waals surface area contributed by atoms with Gasteiger partial charge in [-0.25, -0.2) is 4.39 Å². The Kier molecular flexibility index (Phi) is 5.30. The molecule has 2 aromatic carbocycles. The van der Waals surface area contributed by atoms with Crippen LogP contribution in [0.3, 0.4) is 0 Å². The highest BCUT2D eigenvalue weighted by Crippen LogP contribution is 2.21. The lowest BCUT2D eigenvalue weighted by atomic mass is 10.2. The highest BCUT2D eigenvalue weighted by Gasteiger charge is 2.13. The molecule has 0 spiro atoms. The summed E-state index contributed by atoms with van der Waals surface area (Å²) in [5, 5.41) is 14.8. The van der Waals surface area contributed by atoms with Gasteiger partial charge >= 0.3 is 0 Å². The Bertz CT molecular complexity index is 900. The van der Waals surface area contributed by atoms with Crippen LogP contribution in [0.4, 0.5) is 10.1 Å². The molecule has 3 rings (SSSR count). The molecule has 0 aliphatic rings. The molecule has 128 valence electrons. The number of aryl methyl sites for hydroxylation is 1. The van der Waals surface area contributed by atoms with Crippen LogP contribution in [0, 0.1) is 12.7 Å². The summed E-state index contributed by atoms with van der Waals surface area (Å²) in [7, 11) is 0. The first-order valence-electron chi connectivity index (χ1n) is 7.26. The largest absolute Gasteiger partial charge is 0.323 e. The quantitative estimate of drug-likeness (QED) is 0.689. The van der Waals surface area contributed by atoms with Gasteiger partial charge in [-0.05, 0) is 47.7 Å². The zero-order chi connectivity index (χ0) is 17.8. The van der Waals surface area contributed by atoms with Crippen molar-refractivity contribution < 1.29 is 9.18 Å². The molecular weight excluding hydrogens is 365 g/mol. The first-order valence-corrected chi connectivity index (χ1v) is 8.62. The standard InChI is InChI=1S/C16H13ClFN5OS/c1-10-2-5-12(6-3-10)23-16(20-21-22-23)25-9-15(24)19-14-8-11(17)4-7-13(14)18/h2-8H,9H2,1H3,(H,19,24). The van der Waals surface area contributed by atoms with Gasteiger partial charge in [-0.1, -0.05) is 41.1 Å². The van der Waals surface area contributed by atoms with E-state index < -0.39 is 5.82 Å². The van der Waals surface area contributed by atoms with Gasteiger partial charge in [0.1, 0.15) is 5.82 Å². The van der Waals surface area contributed by atoms with Crippen molar-refractivity contribution in [2.75, 3.05) is 11.1 Å². The summed E-state index contributed by atoms with van der Waals surface area (Å²) in [4.78, 5) is 12.0. The molecule has 0 aliphatic heterocycles. The highest BCUT2D eigenvalue weighted by molar-refractivity contribution is 7.99. The van der Waals surface area contributed by atoms with E-state index in [9.17, 15) is 9.18 Å². The van der Waals surface area contributed by atoms with E-state index in [1.54, 1.807) is 0 Å². The van der Waals surface area contributed by atoms with Crippen LogP contribution in [0.15, 0.2) is 47.6 Å². The highest BCUT2D eigenvalue weighted by atomic mass is 35.5. The fourth-order valence-electron chi connectivity index (χ4n) is 2.03. The molecule has 9 heteroatoms. The van der Waals surface area contributed by atoms with Gasteiger partial charge in [0.25, 0.3) is 0 Å². The van der Waals surface area contributed by atoms with Crippen LogP contribution in [0.2, 0.25) is 5.02 Å². The van der Waals surface area contributed by atoms with Crippen LogP contribution in [0.5, 0.6) is 0 Å². The number of anilines is 1. The first-order chi connectivity index (χ1) is 12.0. The fourth-order valence-corrected chi connectivity index (χ4v) is 2.89. The summed E-state index contributed by atoms with van der Waals surface area (Å²) in [5.74, 6) is -0.907. The van der Waals surface area contributed by atoms with Crippen molar-refractivity contribution in [2.45, 2.75) is 12.1 Å². The van der Waals surface area contributed by atoms with Crippen molar-refractivity contribution in [3.63, 3.8) is 0 Å². The van der Waals surface area contributed by atoms with Crippen LogP contribution < -0.4 is 5.32 Å². The van der Waals surface area contributed by atoms with Crippen LogP contribution in [-0.2, 0) is 4.79 Å². The zero-order valence-corrected chi connectivity index (χ0v) is 14.7. The summed E-state index contributed by atoms with van der Waals surface area (Å²) >= 11 is 6.95. The number of nitrogens with zero attached hydrogens (tertiary/aromatic N) is 4. The number of aromatic nitrogens is 4. The van der Waals surface area contributed by atoms with E-state index in [0.717, 1.165) is 23.0 Å². The van der Waals surface area contributed by atoms with Crippen molar-refractivity contribution in [1.82, 2.24) is 20.2 Å². The predicted octanol–water partition coefficient (Wildman–Crippen LogP) is 3.49. The Hall–Kier alpha value is -2.45. The Morgan fingerprint density at radius 2 is 2.04 bits per heavy atom. The van der Waals surface area contributed by atoms with Gasteiger partial charge in [0, 0.05) is 5.02 Å². The molecule has 3 aromatic rings. The summed E-state index contributed by atoms with van der Waals surface area (Å²) in [6, 6.07) is 11.6. The lowest BCUT2D eigenvalue weighted by molar-refractivity contribution is -0.113. The number of halogens is 2. The normalized spacial score (nSPS) is 10.7. The van der Waals surface area contributed by atoms with Crippen molar-refractivity contribution in [3.8, 4) is 5.69 Å². The lowest BCUT2D eigenvalue weighted by Gasteiger charge is -2.07. The molecule has 1 amide bonds. The second-order valence-corrected chi connectivity index (χ2v) is 6.55. The molecule has 0 atom stereocenters. The minimum absolute atomic E-state index is 0.0260. The van der Waals surface area contributed by atoms with Crippen molar-refractivity contribution in [1.29, 1.82) is 0 Å². The van der Waals surface area contributed by atoms with Crippen LogP contribution >= 0.6 is 23.4 Å². The van der Waals surface area contributed by atoms with Gasteiger partial charge in [-0.15, -0.1) is 5.10 Å². The minimum Gasteiger partial charge on any atom is -0.323 e. The number of thioether (sulfide) groups is 1. The summed E-state index contributed by atoms with van der Waals surface area (Å²) in [6.45, 7) is 1.98. The number of rotatable bonds is 5. The van der Waals surface area contributed by atoms with E-state index in [1.807, 2.05) is 31.2 Å². The van der Waals surface area contributed by atoms with Crippen LogP contribution in [0.1, 0.15) is 5.56 Å². The smallest absolute Gasteiger partial charge is 0.234 e. The minimum atomic E-state index is -0.549. The second kappa shape index (κ2) is 7.62. The average Bonchev–Trinajstić information content (AvgIpc) is 3.05. The molecule has 25 heavy (non-hydrogen) atoms. The maximum Gasteiger partial charge on any atom is 0.234 e. The monoisotopic (exact) mass is 377 g/mol. The Balaban J connectivity index is 1.66. The molecule has 0 aliphatic carbocycles. The topological polar surface area (TPSA) is 72.7 Å². The van der Waals surface area contributed by atoms with Crippen LogP contribution in [-0.4, -0.2) is 31.9 Å². The second-order valence-electron chi connectivity index (χ2n) is 5.17. The fraction of sp³-hybridized carbons (Fsp3) is 0.125. The van der Waals surface area contributed by atoms with Crippen molar-refractivity contribution >= 4 is 35.0 Å². The predicted molar refractivity (Wildman–Crippen MR) is 94.7 cm³/mol. The third-order valence-electron chi connectivity index (χ3n) is 3.25. The van der Waals surface area contributed by atoms with E-state index in [1.165, 1.54) is 22.9 Å². The Labute approximate surface area is 152 Å². The molecule has 0 fully saturated rings. The van der Waals surface area contributed by atoms with Gasteiger partial charge in [0.05, 0.1) is 17.1 Å². The number of hydrogen-bond donors (Lipinski definition) is 1. The molecule has 0 bridgehead atoms. The summed E-state index contributed by atoms with van der Waals surface area (Å²) < 4.78 is 15.2. The third kappa shape index (κ3) is 4.34. The molecule has 0 unspecified atom stereocenters. The van der Waals surface area contributed by atoms with E-state index >= 15 is 0 Å². The van der Waals surface area contributed by atoms with Crippen molar-refractivity contribution in [2.24, 2.45) is 0 Å². The number of carbonyl (C=O) groups excluding carboxylic acids is 1. The zero-order valence-electron chi connectivity index (χ0n) is 13.1. The van der Waals surface area contributed by atoms with Crippen molar-refractivity contribution in [3.05, 3.63) is 58.9 Å². The third-order valence-corrected chi connectivity index (χ3v) is 4.41. The Morgan fingerprint density at radius 3 is 2.80 bits per heavy atom. The van der Waals surface area contributed by atoms with Gasteiger partial charge in [-0.3, -0.25) is 4.79 Å². The van der Waals surface area contributed by atoms with Gasteiger partial charge in [-0.2, -0.15) is 4.68 Å². The van der Waals surface area contributed by atoms with Gasteiger partial charge < -0.3 is 5.32 Å². The molecule has 1 N–H and O–H groups in total. The number of carbonyl (C=O) groups is 1. The number of benzene rings is 2. The number of tetrazole rings is 1. The van der Waals surface area contributed by atoms with E-state index in [2.05, 4.69) is 20.8 Å². The SMILES string of the molecule is Cc1ccc(-n2nnnc2SCC(=O)Nc2cc(Cl)ccc2F)cc1. The van der Waals surface area contributed by atoms with E-state index in [0.29, 0.717) is 10.2 Å². The summed E-state index contributed by atoms with van der Waals surface area (Å²) in [6.07, 6.45) is 0. The number of amides is 1. The number of nitrogens with one attached hydrogen (secondary N) is 1. The molecule has 0 saturated heterocycles. The number of hydrogen-bond acceptors (Lipinski definition) is 5. The first kappa shape index (κ1) is 17.4. The van der Waals surface area contributed by atoms with E-state index in [4.69, 9.17) is 11.6 Å². The average molecular weight is 378 g/mol. The van der Waals surface area contributed by atoms with Gasteiger partial charge in [0.2, 0.25) is 11.1 Å². The van der Waals surface area contributed by atoms with Gasteiger partial charge in [0.15, 0.2) is 0 Å². The Morgan fingerprint density at radius 1 is 1.28 bits per heavy atom. The molecule has 1 heterocycles. The molecule has 0 radical (unpaired) electrons. The summed E-state index contributed by atoms with van der Waals surface area (Å²) in [5.41, 5.74) is 1.95. The van der Waals surface area contributed by atoms with E-state index in [-0.39, 0.29) is 17.3 Å². The molecule has 0 saturated carbocycles. The molecular formula is C16H13ClFN5OS. The van der Waals surface area contributed by atoms with Crippen LogP contribution in [0.25, 0.3) is 5.69 Å². The maximum atomic E-state index is 13.6. The molecule has 6 nitrogen and oxygen atoms in total. The maximum absolute atomic E-state index is 13.6. The lowest BCUT2D eigenvalue weighted by Crippen LogP contribution is -2.15.